The first kappa shape index (κ1) is 23.6. The summed E-state index contributed by atoms with van der Waals surface area (Å²) in [6.45, 7) is 4.52. The van der Waals surface area contributed by atoms with Crippen molar-refractivity contribution in [2.45, 2.75) is 25.3 Å². The highest BCUT2D eigenvalue weighted by Crippen LogP contribution is 2.25. The Labute approximate surface area is 171 Å². The van der Waals surface area contributed by atoms with Crippen molar-refractivity contribution in [3.8, 4) is 0 Å². The number of ketones is 1. The summed E-state index contributed by atoms with van der Waals surface area (Å²) in [6.07, 6.45) is 1.07. The molecule has 0 radical (unpaired) electrons. The van der Waals surface area contributed by atoms with Gasteiger partial charge in [-0.1, -0.05) is 0 Å². The molecule has 0 spiro atoms. The van der Waals surface area contributed by atoms with Gasteiger partial charge in [-0.15, -0.1) is 24.8 Å². The molecule has 2 N–H and O–H groups in total. The van der Waals surface area contributed by atoms with Crippen molar-refractivity contribution in [3.63, 3.8) is 0 Å². The number of rotatable bonds is 3. The Kier molecular flexibility index (Phi) is 8.48. The van der Waals surface area contributed by atoms with Crippen molar-refractivity contribution in [2.75, 3.05) is 44.3 Å². The van der Waals surface area contributed by atoms with E-state index >= 15 is 0 Å². The number of hydrogen-bond donors (Lipinski definition) is 1. The van der Waals surface area contributed by atoms with Crippen LogP contribution < -0.4 is 10.6 Å². The summed E-state index contributed by atoms with van der Waals surface area (Å²) in [5, 5.41) is 0. The summed E-state index contributed by atoms with van der Waals surface area (Å²) in [5.41, 5.74) is 6.26. The Morgan fingerprint density at radius 2 is 1.70 bits per heavy atom. The fourth-order valence-electron chi connectivity index (χ4n) is 3.40. The number of piperazine rings is 1. The lowest BCUT2D eigenvalue weighted by atomic mass is 9.89. The first-order valence-electron chi connectivity index (χ1n) is 8.62. The van der Waals surface area contributed by atoms with Gasteiger partial charge in [0.1, 0.15) is 5.82 Å². The second-order valence-corrected chi connectivity index (χ2v) is 6.77. The third-order valence-electron chi connectivity index (χ3n) is 5.07. The maximum atomic E-state index is 14.3. The molecule has 0 atom stereocenters. The highest BCUT2D eigenvalue weighted by molar-refractivity contribution is 5.94. The normalized spacial score (nSPS) is 18.9. The van der Waals surface area contributed by atoms with Gasteiger partial charge in [0.2, 0.25) is 5.91 Å². The second kappa shape index (κ2) is 9.68. The fraction of sp³-hybridized carbons (Fsp3) is 0.556. The third kappa shape index (κ3) is 5.10. The molecule has 2 aliphatic heterocycles. The molecule has 2 aliphatic rings. The quantitative estimate of drug-likeness (QED) is 0.755. The predicted octanol–water partition coefficient (Wildman–Crippen LogP) is 2.03. The molecule has 1 amide bonds. The minimum atomic E-state index is -0.838. The van der Waals surface area contributed by atoms with Crippen molar-refractivity contribution >= 4 is 42.2 Å². The number of amides is 1. The number of hydrogen-bond acceptors (Lipinski definition) is 5. The summed E-state index contributed by atoms with van der Waals surface area (Å²) >= 11 is 0. The number of carbonyl (C=O) groups excluding carboxylic acids is 2. The third-order valence-corrected chi connectivity index (χ3v) is 5.07. The zero-order valence-electron chi connectivity index (χ0n) is 15.3. The van der Waals surface area contributed by atoms with Crippen LogP contribution in [0.25, 0.3) is 0 Å². The first-order valence-corrected chi connectivity index (χ1v) is 8.62. The van der Waals surface area contributed by atoms with Crippen molar-refractivity contribution in [2.24, 2.45) is 5.73 Å². The standard InChI is InChI=1S/C18H24FN3O3.2ClH/c1-13(23)14-2-3-16(15(19)12-14)21-6-8-22(9-7-21)17(24)18(20)4-10-25-11-5-18;;/h2-3,12H,4-11,20H2,1H3;2*1H. The van der Waals surface area contributed by atoms with E-state index in [4.69, 9.17) is 10.5 Å². The number of halogens is 3. The van der Waals surface area contributed by atoms with E-state index < -0.39 is 11.4 Å². The molecule has 0 aromatic heterocycles. The summed E-state index contributed by atoms with van der Waals surface area (Å²) < 4.78 is 19.6. The molecule has 0 bridgehead atoms. The number of nitrogens with zero attached hydrogens (tertiary/aromatic N) is 2. The van der Waals surface area contributed by atoms with Crippen LogP contribution in [-0.2, 0) is 9.53 Å². The number of benzene rings is 1. The van der Waals surface area contributed by atoms with Gasteiger partial charge in [0.25, 0.3) is 0 Å². The number of carbonyl (C=O) groups is 2. The topological polar surface area (TPSA) is 75.9 Å². The molecule has 6 nitrogen and oxygen atoms in total. The van der Waals surface area contributed by atoms with E-state index in [0.29, 0.717) is 63.5 Å². The zero-order valence-corrected chi connectivity index (χ0v) is 16.9. The zero-order chi connectivity index (χ0) is 18.0. The molecular formula is C18H26Cl2FN3O3. The van der Waals surface area contributed by atoms with Crippen molar-refractivity contribution < 1.29 is 18.7 Å². The molecule has 0 aliphatic carbocycles. The van der Waals surface area contributed by atoms with E-state index in [9.17, 15) is 14.0 Å². The summed E-state index contributed by atoms with van der Waals surface area (Å²) in [7, 11) is 0. The van der Waals surface area contributed by atoms with Gasteiger partial charge in [0.05, 0.1) is 11.2 Å². The van der Waals surface area contributed by atoms with Gasteiger partial charge in [-0.3, -0.25) is 9.59 Å². The van der Waals surface area contributed by atoms with E-state index in [0.717, 1.165) is 0 Å². The van der Waals surface area contributed by atoms with Gasteiger partial charge < -0.3 is 20.3 Å². The molecule has 2 fully saturated rings. The van der Waals surface area contributed by atoms with E-state index in [1.54, 1.807) is 17.0 Å². The van der Waals surface area contributed by atoms with Crippen molar-refractivity contribution in [1.82, 2.24) is 4.90 Å². The van der Waals surface area contributed by atoms with Crippen LogP contribution in [0.2, 0.25) is 0 Å². The SMILES string of the molecule is CC(=O)c1ccc(N2CCN(C(=O)C3(N)CCOCC3)CC2)c(F)c1.Cl.Cl. The van der Waals surface area contributed by atoms with Gasteiger partial charge >= 0.3 is 0 Å². The molecular weight excluding hydrogens is 396 g/mol. The lowest BCUT2D eigenvalue weighted by Crippen LogP contribution is -2.61. The molecule has 0 unspecified atom stereocenters. The highest BCUT2D eigenvalue weighted by Gasteiger charge is 2.39. The monoisotopic (exact) mass is 421 g/mol. The highest BCUT2D eigenvalue weighted by atomic mass is 35.5. The summed E-state index contributed by atoms with van der Waals surface area (Å²) in [6, 6.07) is 4.54. The average molecular weight is 422 g/mol. The van der Waals surface area contributed by atoms with Gasteiger partial charge in [0, 0.05) is 45.0 Å². The van der Waals surface area contributed by atoms with Crippen LogP contribution in [0.1, 0.15) is 30.1 Å². The maximum absolute atomic E-state index is 14.3. The molecule has 0 saturated carbocycles. The summed E-state index contributed by atoms with van der Waals surface area (Å²) in [5.74, 6) is -0.611. The Balaban J connectivity index is 0.00000182. The van der Waals surface area contributed by atoms with Crippen LogP contribution >= 0.6 is 24.8 Å². The Morgan fingerprint density at radius 1 is 1.11 bits per heavy atom. The number of nitrogens with two attached hydrogens (primary N) is 1. The number of anilines is 1. The molecule has 152 valence electrons. The minimum Gasteiger partial charge on any atom is -0.381 e. The Morgan fingerprint density at radius 3 is 2.22 bits per heavy atom. The van der Waals surface area contributed by atoms with Crippen LogP contribution in [0.15, 0.2) is 18.2 Å². The van der Waals surface area contributed by atoms with E-state index in [1.807, 2.05) is 4.90 Å². The number of Topliss-reactive ketones (excluding diaryl/α,β-unsaturated/α-hetero) is 1. The lowest BCUT2D eigenvalue weighted by Gasteiger charge is -2.41. The molecule has 2 heterocycles. The number of ether oxygens (including phenoxy) is 1. The fourth-order valence-corrected chi connectivity index (χ4v) is 3.40. The molecule has 2 saturated heterocycles. The molecule has 1 aromatic rings. The molecule has 3 rings (SSSR count). The minimum absolute atomic E-state index is 0. The van der Waals surface area contributed by atoms with Gasteiger partial charge in [0.15, 0.2) is 5.78 Å². The van der Waals surface area contributed by atoms with E-state index in [-0.39, 0.29) is 36.5 Å². The Bertz CT molecular complexity index is 676. The average Bonchev–Trinajstić information content (AvgIpc) is 2.62. The van der Waals surface area contributed by atoms with Crippen molar-refractivity contribution in [1.29, 1.82) is 0 Å². The van der Waals surface area contributed by atoms with Crippen LogP contribution in [0.4, 0.5) is 10.1 Å². The smallest absolute Gasteiger partial charge is 0.242 e. The summed E-state index contributed by atoms with van der Waals surface area (Å²) in [4.78, 5) is 27.7. The second-order valence-electron chi connectivity index (χ2n) is 6.77. The van der Waals surface area contributed by atoms with Crippen LogP contribution in [0.3, 0.4) is 0 Å². The molecule has 27 heavy (non-hydrogen) atoms. The van der Waals surface area contributed by atoms with Crippen LogP contribution in [-0.4, -0.2) is 61.5 Å². The van der Waals surface area contributed by atoms with E-state index in [2.05, 4.69) is 0 Å². The van der Waals surface area contributed by atoms with Gasteiger partial charge in [-0.25, -0.2) is 4.39 Å². The van der Waals surface area contributed by atoms with E-state index in [1.165, 1.54) is 13.0 Å². The van der Waals surface area contributed by atoms with Gasteiger partial charge in [-0.2, -0.15) is 0 Å². The molecule has 9 heteroatoms. The van der Waals surface area contributed by atoms with Crippen molar-refractivity contribution in [3.05, 3.63) is 29.6 Å². The van der Waals surface area contributed by atoms with Gasteiger partial charge in [-0.05, 0) is 38.0 Å². The lowest BCUT2D eigenvalue weighted by molar-refractivity contribution is -0.140. The molecule has 1 aromatic carbocycles. The van der Waals surface area contributed by atoms with Crippen LogP contribution in [0, 0.1) is 5.82 Å². The first-order chi connectivity index (χ1) is 11.9. The largest absolute Gasteiger partial charge is 0.381 e. The maximum Gasteiger partial charge on any atom is 0.242 e. The predicted molar refractivity (Wildman–Crippen MR) is 107 cm³/mol. The van der Waals surface area contributed by atoms with Crippen LogP contribution in [0.5, 0.6) is 0 Å². The Hall–Kier alpha value is -1.41.